The van der Waals surface area contributed by atoms with Crippen molar-refractivity contribution in [2.75, 3.05) is 10.6 Å². The molecule has 21 heavy (non-hydrogen) atoms. The van der Waals surface area contributed by atoms with Crippen LogP contribution in [0.15, 0.2) is 24.3 Å². The van der Waals surface area contributed by atoms with Gasteiger partial charge in [0.1, 0.15) is 5.82 Å². The molecule has 1 aromatic heterocycles. The maximum Gasteiger partial charge on any atom is 0.229 e. The summed E-state index contributed by atoms with van der Waals surface area (Å²) in [6.45, 7) is 5.98. The monoisotopic (exact) mass is 292 g/mol. The van der Waals surface area contributed by atoms with Crippen LogP contribution in [0.1, 0.15) is 26.0 Å². The van der Waals surface area contributed by atoms with E-state index in [0.717, 1.165) is 24.2 Å². The van der Waals surface area contributed by atoms with Crippen molar-refractivity contribution in [3.8, 4) is 0 Å². The molecule has 0 amide bonds. The van der Waals surface area contributed by atoms with Crippen molar-refractivity contribution in [1.82, 2.24) is 9.97 Å². The predicted molar refractivity (Wildman–Crippen MR) is 79.8 cm³/mol. The molecule has 1 heterocycles. The summed E-state index contributed by atoms with van der Waals surface area (Å²) in [7, 11) is 0. The van der Waals surface area contributed by atoms with Gasteiger partial charge in [-0.15, -0.1) is 0 Å². The van der Waals surface area contributed by atoms with Crippen molar-refractivity contribution in [2.45, 2.75) is 33.2 Å². The summed E-state index contributed by atoms with van der Waals surface area (Å²) >= 11 is 0. The van der Waals surface area contributed by atoms with Gasteiger partial charge in [0, 0.05) is 29.6 Å². The van der Waals surface area contributed by atoms with Crippen molar-refractivity contribution in [3.05, 3.63) is 41.6 Å². The maximum absolute atomic E-state index is 13.2. The molecule has 0 saturated heterocycles. The minimum absolute atomic E-state index is 0.287. The molecule has 0 bridgehead atoms. The molecular formula is C15H18F2N4. The van der Waals surface area contributed by atoms with Gasteiger partial charge < -0.3 is 10.6 Å². The Morgan fingerprint density at radius 3 is 2.57 bits per heavy atom. The molecule has 6 heteroatoms. The van der Waals surface area contributed by atoms with E-state index in [1.165, 1.54) is 6.07 Å². The number of anilines is 3. The maximum atomic E-state index is 13.2. The lowest BCUT2D eigenvalue weighted by Gasteiger charge is -2.14. The lowest BCUT2D eigenvalue weighted by atomic mass is 10.2. The van der Waals surface area contributed by atoms with E-state index < -0.39 is 11.6 Å². The fraction of sp³-hybridized carbons (Fsp3) is 0.333. The van der Waals surface area contributed by atoms with Crippen molar-refractivity contribution in [2.24, 2.45) is 0 Å². The molecule has 0 aliphatic rings. The molecule has 2 aromatic rings. The Hall–Kier alpha value is -2.24. The van der Waals surface area contributed by atoms with E-state index in [-0.39, 0.29) is 6.04 Å². The fourth-order valence-electron chi connectivity index (χ4n) is 1.76. The van der Waals surface area contributed by atoms with Crippen LogP contribution in [0.4, 0.5) is 26.2 Å². The molecule has 0 saturated carbocycles. The number of benzene rings is 1. The topological polar surface area (TPSA) is 49.8 Å². The Balaban J connectivity index is 2.21. The number of nitrogens with one attached hydrogen (secondary N) is 2. The smallest absolute Gasteiger partial charge is 0.229 e. The Kier molecular flexibility index (Phi) is 4.67. The zero-order valence-corrected chi connectivity index (χ0v) is 12.2. The fourth-order valence-corrected chi connectivity index (χ4v) is 1.76. The average molecular weight is 292 g/mol. The minimum atomic E-state index is -0.911. The Morgan fingerprint density at radius 1 is 1.14 bits per heavy atom. The van der Waals surface area contributed by atoms with Crippen molar-refractivity contribution < 1.29 is 8.78 Å². The van der Waals surface area contributed by atoms with Crippen LogP contribution in [-0.2, 0) is 0 Å². The molecule has 1 aromatic carbocycles. The second-order valence-corrected chi connectivity index (χ2v) is 4.93. The Bertz CT molecular complexity index is 631. The molecule has 1 atom stereocenters. The highest BCUT2D eigenvalue weighted by atomic mass is 19.2. The third-order valence-corrected chi connectivity index (χ3v) is 3.04. The van der Waals surface area contributed by atoms with Crippen LogP contribution in [0.5, 0.6) is 0 Å². The minimum Gasteiger partial charge on any atom is -0.367 e. The number of hydrogen-bond donors (Lipinski definition) is 2. The summed E-state index contributed by atoms with van der Waals surface area (Å²) in [5, 5.41) is 6.13. The lowest BCUT2D eigenvalue weighted by molar-refractivity contribution is 0.509. The zero-order chi connectivity index (χ0) is 15.4. The molecule has 2 rings (SSSR count). The van der Waals surface area contributed by atoms with Crippen LogP contribution < -0.4 is 10.6 Å². The first-order valence-electron chi connectivity index (χ1n) is 6.82. The summed E-state index contributed by atoms with van der Waals surface area (Å²) < 4.78 is 26.1. The third-order valence-electron chi connectivity index (χ3n) is 3.04. The number of rotatable bonds is 5. The molecule has 0 radical (unpaired) electrons. The Morgan fingerprint density at radius 2 is 1.90 bits per heavy atom. The summed E-state index contributed by atoms with van der Waals surface area (Å²) in [5.74, 6) is -0.760. The predicted octanol–water partition coefficient (Wildman–Crippen LogP) is 4.02. The third kappa shape index (κ3) is 4.11. The van der Waals surface area contributed by atoms with Crippen LogP contribution in [0.3, 0.4) is 0 Å². The molecule has 0 spiro atoms. The van der Waals surface area contributed by atoms with Gasteiger partial charge in [-0.3, -0.25) is 0 Å². The van der Waals surface area contributed by atoms with Gasteiger partial charge >= 0.3 is 0 Å². The summed E-state index contributed by atoms with van der Waals surface area (Å²) in [6, 6.07) is 5.69. The van der Waals surface area contributed by atoms with Crippen LogP contribution in [0.2, 0.25) is 0 Å². The molecule has 4 nitrogen and oxygen atoms in total. The highest BCUT2D eigenvalue weighted by molar-refractivity contribution is 5.55. The molecule has 1 unspecified atom stereocenters. The molecule has 0 aliphatic heterocycles. The molecule has 0 fully saturated rings. The van der Waals surface area contributed by atoms with E-state index in [4.69, 9.17) is 0 Å². The number of aromatic nitrogens is 2. The van der Waals surface area contributed by atoms with E-state index in [9.17, 15) is 8.78 Å². The van der Waals surface area contributed by atoms with E-state index >= 15 is 0 Å². The number of nitrogens with zero attached hydrogens (tertiary/aromatic N) is 2. The first kappa shape index (κ1) is 15.2. The van der Waals surface area contributed by atoms with Crippen LogP contribution >= 0.6 is 0 Å². The SMILES string of the molecule is CCC(C)Nc1cc(C)nc(Nc2ccc(F)c(F)c2)n1. The normalized spacial score (nSPS) is 12.0. The van der Waals surface area contributed by atoms with E-state index in [2.05, 4.69) is 34.4 Å². The first-order chi connectivity index (χ1) is 9.97. The second kappa shape index (κ2) is 6.47. The first-order valence-corrected chi connectivity index (χ1v) is 6.82. The number of aryl methyl sites for hydroxylation is 1. The van der Waals surface area contributed by atoms with Crippen molar-refractivity contribution >= 4 is 17.5 Å². The number of hydrogen-bond acceptors (Lipinski definition) is 4. The van der Waals surface area contributed by atoms with Crippen LogP contribution in [0.25, 0.3) is 0 Å². The van der Waals surface area contributed by atoms with Crippen molar-refractivity contribution in [1.29, 1.82) is 0 Å². The van der Waals surface area contributed by atoms with Gasteiger partial charge in [-0.2, -0.15) is 4.98 Å². The largest absolute Gasteiger partial charge is 0.367 e. The second-order valence-electron chi connectivity index (χ2n) is 4.93. The van der Waals surface area contributed by atoms with Crippen LogP contribution in [-0.4, -0.2) is 16.0 Å². The number of halogens is 2. The molecular weight excluding hydrogens is 274 g/mol. The van der Waals surface area contributed by atoms with Gasteiger partial charge in [0.05, 0.1) is 0 Å². The highest BCUT2D eigenvalue weighted by Crippen LogP contribution is 2.18. The van der Waals surface area contributed by atoms with Gasteiger partial charge in [-0.1, -0.05) is 6.92 Å². The van der Waals surface area contributed by atoms with Gasteiger partial charge in [0.25, 0.3) is 0 Å². The van der Waals surface area contributed by atoms with Crippen molar-refractivity contribution in [3.63, 3.8) is 0 Å². The highest BCUT2D eigenvalue weighted by Gasteiger charge is 2.07. The lowest BCUT2D eigenvalue weighted by Crippen LogP contribution is -2.15. The quantitative estimate of drug-likeness (QED) is 0.874. The van der Waals surface area contributed by atoms with Gasteiger partial charge in [-0.05, 0) is 32.4 Å². The van der Waals surface area contributed by atoms with E-state index in [0.29, 0.717) is 17.5 Å². The van der Waals surface area contributed by atoms with Crippen LogP contribution in [0, 0.1) is 18.6 Å². The molecule has 0 aliphatic carbocycles. The Labute approximate surface area is 122 Å². The summed E-state index contributed by atoms with van der Waals surface area (Å²) in [6.07, 6.45) is 0.967. The average Bonchev–Trinajstić information content (AvgIpc) is 2.42. The van der Waals surface area contributed by atoms with Gasteiger partial charge in [0.15, 0.2) is 11.6 Å². The van der Waals surface area contributed by atoms with Gasteiger partial charge in [0.2, 0.25) is 5.95 Å². The van der Waals surface area contributed by atoms with E-state index in [1.54, 1.807) is 0 Å². The molecule has 112 valence electrons. The summed E-state index contributed by atoms with van der Waals surface area (Å²) in [4.78, 5) is 8.56. The summed E-state index contributed by atoms with van der Waals surface area (Å²) in [5.41, 5.74) is 1.18. The molecule has 2 N–H and O–H groups in total. The van der Waals surface area contributed by atoms with E-state index in [1.807, 2.05) is 13.0 Å². The zero-order valence-electron chi connectivity index (χ0n) is 12.2. The standard InChI is InChI=1S/C15H18F2N4/c1-4-9(2)18-14-7-10(3)19-15(21-14)20-11-5-6-12(16)13(17)8-11/h5-9H,4H2,1-3H3,(H2,18,19,20,21). The van der Waals surface area contributed by atoms with Gasteiger partial charge in [-0.25, -0.2) is 13.8 Å².